The van der Waals surface area contributed by atoms with Crippen molar-refractivity contribution in [2.75, 3.05) is 4.90 Å². The Balaban J connectivity index is 0.809. The molecule has 1 fully saturated rings. The zero-order valence-electron chi connectivity index (χ0n) is 42.7. The van der Waals surface area contributed by atoms with E-state index in [1.54, 1.807) is 0 Å². The standard InChI is InChI=1S/C68H58N6O2/c1-5-17-41(18-6-1)66-70-67(42-19-7-2-8-20-42)72-68(71-66)54-37-45(43-29-31-48-50-33-35-57-61(64(50)75-59(48)38-43)52-25-13-15-27-55(52)73(57)46-21-9-3-10-22-46)40-69-63(54)44-30-32-49-51-34-36-58-62(65(51)76-60(49)39-44)53-26-14-16-28-56(53)74(58)47-23-11-4-12-24-47/h1-3,5-9,13,15,17-21,23,25-26,28,30,32-33,35,37-40,48,55,58-59,62H,4,10-12,14,16,22,24,27,29,31,34,36H2. The third kappa shape index (κ3) is 7.02. The summed E-state index contributed by atoms with van der Waals surface area (Å²) in [7, 11) is 0. The van der Waals surface area contributed by atoms with E-state index in [4.69, 9.17) is 29.1 Å². The highest BCUT2D eigenvalue weighted by Gasteiger charge is 2.49. The Morgan fingerprint density at radius 3 is 2.26 bits per heavy atom. The third-order valence-corrected chi connectivity index (χ3v) is 17.9. The van der Waals surface area contributed by atoms with Gasteiger partial charge < -0.3 is 19.0 Å². The Labute approximate surface area is 444 Å². The second-order valence-electron chi connectivity index (χ2n) is 22.1. The molecule has 0 spiro atoms. The number of likely N-dealkylation sites (tertiary alicyclic amines) is 1. The lowest BCUT2D eigenvalue weighted by Crippen LogP contribution is -2.34. The minimum Gasteiger partial charge on any atom is -0.485 e. The molecule has 76 heavy (non-hydrogen) atoms. The molecule has 3 aromatic heterocycles. The van der Waals surface area contributed by atoms with Crippen LogP contribution >= 0.6 is 0 Å². The number of hydrogen-bond donors (Lipinski definition) is 0. The summed E-state index contributed by atoms with van der Waals surface area (Å²) in [6.07, 6.45) is 39.8. The van der Waals surface area contributed by atoms with Crippen molar-refractivity contribution in [2.45, 2.75) is 113 Å². The summed E-state index contributed by atoms with van der Waals surface area (Å²) in [5, 5.41) is 1.21. The summed E-state index contributed by atoms with van der Waals surface area (Å²) in [6.45, 7) is 0. The Hall–Kier alpha value is -8.10. The van der Waals surface area contributed by atoms with E-state index in [0.29, 0.717) is 23.5 Å². The van der Waals surface area contributed by atoms with Crippen LogP contribution in [0.1, 0.15) is 117 Å². The summed E-state index contributed by atoms with van der Waals surface area (Å²) in [4.78, 5) is 26.5. The Morgan fingerprint density at radius 1 is 0.618 bits per heavy atom. The third-order valence-electron chi connectivity index (χ3n) is 17.9. The number of hydrogen-bond acceptors (Lipinski definition) is 8. The summed E-state index contributed by atoms with van der Waals surface area (Å²) < 4.78 is 14.4. The molecule has 7 aromatic rings. The smallest absolute Gasteiger partial charge is 0.166 e. The normalized spacial score (nSPS) is 23.7. The summed E-state index contributed by atoms with van der Waals surface area (Å²) in [6, 6.07) is 34.9. The van der Waals surface area contributed by atoms with Crippen LogP contribution in [-0.2, 0) is 6.42 Å². The average molecular weight is 991 g/mol. The molecule has 0 radical (unpaired) electrons. The Kier molecular flexibility index (Phi) is 10.3. The van der Waals surface area contributed by atoms with Crippen molar-refractivity contribution in [2.24, 2.45) is 0 Å². The number of fused-ring (bicyclic) bond motifs is 14. The lowest BCUT2D eigenvalue weighted by molar-refractivity contribution is 0.245. The van der Waals surface area contributed by atoms with Crippen LogP contribution in [0.15, 0.2) is 191 Å². The lowest BCUT2D eigenvalue weighted by Gasteiger charge is -2.35. The molecule has 0 amide bonds. The number of anilines is 1. The fourth-order valence-corrected chi connectivity index (χ4v) is 14.5. The van der Waals surface area contributed by atoms with Gasteiger partial charge in [0.25, 0.3) is 0 Å². The number of aromatic nitrogens is 4. The van der Waals surface area contributed by atoms with Gasteiger partial charge in [0, 0.05) is 79.6 Å². The molecule has 5 atom stereocenters. The molecule has 3 aliphatic heterocycles. The van der Waals surface area contributed by atoms with Crippen molar-refractivity contribution in [3.63, 3.8) is 0 Å². The fourth-order valence-electron chi connectivity index (χ4n) is 14.5. The van der Waals surface area contributed by atoms with E-state index in [2.05, 4.69) is 137 Å². The second-order valence-corrected chi connectivity index (χ2v) is 22.1. The number of allylic oxidation sites excluding steroid dienone is 12. The van der Waals surface area contributed by atoms with E-state index in [1.165, 1.54) is 80.8 Å². The minimum atomic E-state index is -0.0850. The number of furan rings is 1. The van der Waals surface area contributed by atoms with E-state index in [9.17, 15) is 0 Å². The molecule has 372 valence electrons. The van der Waals surface area contributed by atoms with Crippen LogP contribution in [0.25, 0.3) is 67.5 Å². The van der Waals surface area contributed by atoms with E-state index in [1.807, 2.05) is 36.4 Å². The molecule has 8 nitrogen and oxygen atoms in total. The van der Waals surface area contributed by atoms with Gasteiger partial charge in [0.15, 0.2) is 17.5 Å². The summed E-state index contributed by atoms with van der Waals surface area (Å²) >= 11 is 0. The minimum absolute atomic E-state index is 0.0850. The van der Waals surface area contributed by atoms with Gasteiger partial charge in [-0.05, 0) is 136 Å². The van der Waals surface area contributed by atoms with Crippen LogP contribution in [0, 0.1) is 0 Å². The molecule has 16 rings (SSSR count). The van der Waals surface area contributed by atoms with Gasteiger partial charge in [0.1, 0.15) is 23.2 Å². The summed E-state index contributed by atoms with van der Waals surface area (Å²) in [5.41, 5.74) is 20.1. The van der Waals surface area contributed by atoms with E-state index in [0.717, 1.165) is 115 Å². The molecule has 4 aromatic carbocycles. The maximum absolute atomic E-state index is 7.22. The highest BCUT2D eigenvalue weighted by atomic mass is 16.5. The largest absolute Gasteiger partial charge is 0.485 e. The molecule has 5 unspecified atom stereocenters. The van der Waals surface area contributed by atoms with E-state index in [-0.39, 0.29) is 24.0 Å². The van der Waals surface area contributed by atoms with Crippen molar-refractivity contribution >= 4 is 27.8 Å². The van der Waals surface area contributed by atoms with E-state index < -0.39 is 0 Å². The van der Waals surface area contributed by atoms with Crippen molar-refractivity contribution in [3.8, 4) is 51.2 Å². The number of pyridine rings is 1. The maximum Gasteiger partial charge on any atom is 0.166 e. The van der Waals surface area contributed by atoms with Crippen LogP contribution in [-0.4, -0.2) is 43.0 Å². The first kappa shape index (κ1) is 44.2. The summed E-state index contributed by atoms with van der Waals surface area (Å²) in [5.74, 6) is 4.54. The number of ether oxygens (including phenoxy) is 1. The second kappa shape index (κ2) is 17.8. The van der Waals surface area contributed by atoms with Crippen LogP contribution in [0.2, 0.25) is 0 Å². The first-order chi connectivity index (χ1) is 37.7. The van der Waals surface area contributed by atoms with Gasteiger partial charge in [0.2, 0.25) is 0 Å². The zero-order valence-corrected chi connectivity index (χ0v) is 42.7. The molecular weight excluding hydrogens is 933 g/mol. The number of nitrogens with zero attached hydrogens (tertiary/aromatic N) is 6. The molecule has 8 heteroatoms. The van der Waals surface area contributed by atoms with Crippen molar-refractivity contribution in [3.05, 3.63) is 215 Å². The molecule has 9 aliphatic rings. The van der Waals surface area contributed by atoms with Crippen LogP contribution in [0.3, 0.4) is 0 Å². The van der Waals surface area contributed by atoms with Gasteiger partial charge in [-0.25, -0.2) is 15.0 Å². The van der Waals surface area contributed by atoms with Gasteiger partial charge in [-0.3, -0.25) is 4.98 Å². The number of benzene rings is 4. The first-order valence-corrected chi connectivity index (χ1v) is 28.1. The monoisotopic (exact) mass is 990 g/mol. The maximum atomic E-state index is 7.22. The quantitative estimate of drug-likeness (QED) is 0.156. The van der Waals surface area contributed by atoms with Crippen molar-refractivity contribution < 1.29 is 9.15 Å². The topological polar surface area (TPSA) is 80.4 Å². The Bertz CT molecular complexity index is 3770. The Morgan fingerprint density at radius 2 is 1.45 bits per heavy atom. The highest BCUT2D eigenvalue weighted by Crippen LogP contribution is 2.58. The average Bonchev–Trinajstić information content (AvgIpc) is 4.31. The van der Waals surface area contributed by atoms with E-state index >= 15 is 0 Å². The molecule has 0 N–H and O–H groups in total. The van der Waals surface area contributed by atoms with Gasteiger partial charge in [-0.1, -0.05) is 127 Å². The molecular formula is C68H58N6O2. The van der Waals surface area contributed by atoms with Gasteiger partial charge in [-0.15, -0.1) is 0 Å². The van der Waals surface area contributed by atoms with Crippen LogP contribution in [0.5, 0.6) is 5.75 Å². The van der Waals surface area contributed by atoms with Crippen LogP contribution < -0.4 is 9.64 Å². The predicted octanol–water partition coefficient (Wildman–Crippen LogP) is 15.9. The molecule has 0 bridgehead atoms. The van der Waals surface area contributed by atoms with Crippen molar-refractivity contribution in [1.82, 2.24) is 24.8 Å². The number of aryl methyl sites for hydroxylation is 1. The number of rotatable bonds is 7. The molecule has 6 heterocycles. The first-order valence-electron chi connectivity index (χ1n) is 28.1. The molecule has 1 saturated heterocycles. The van der Waals surface area contributed by atoms with Crippen LogP contribution in [0.4, 0.5) is 5.69 Å². The lowest BCUT2D eigenvalue weighted by atomic mass is 9.80. The fraction of sp³-hybridized carbons (Fsp3) is 0.265. The predicted molar refractivity (Wildman–Crippen MR) is 303 cm³/mol. The molecule has 0 saturated carbocycles. The van der Waals surface area contributed by atoms with Gasteiger partial charge >= 0.3 is 0 Å². The van der Waals surface area contributed by atoms with Gasteiger partial charge in [-0.2, -0.15) is 0 Å². The zero-order chi connectivity index (χ0) is 49.8. The van der Waals surface area contributed by atoms with Gasteiger partial charge in [0.05, 0.1) is 23.3 Å². The highest BCUT2D eigenvalue weighted by molar-refractivity contribution is 5.95. The SMILES string of the molecule is C1=CCCC(N2c3ccc4c(c3C3=CC=CCC32)OC2C=C(c3cnc(-c5ccc6c7c(oc6c5)C5C6=CCCC=C6N(C6=CCCCC6)C5CC7)c(-c5nc(-c6ccccc6)nc(-c6ccccc6)n5)c3)CCC42)=C1. The molecule has 6 aliphatic carbocycles. The van der Waals surface area contributed by atoms with Crippen molar-refractivity contribution in [1.29, 1.82) is 0 Å².